The van der Waals surface area contributed by atoms with Gasteiger partial charge in [-0.1, -0.05) is 54.6 Å². The number of hydrogen-bond acceptors (Lipinski definition) is 3. The maximum Gasteiger partial charge on any atom is 0.321 e. The number of aliphatic hydroxyl groups excluding tert-OH is 1. The quantitative estimate of drug-likeness (QED) is 0.625. The molecule has 3 aromatic rings. The van der Waals surface area contributed by atoms with Gasteiger partial charge in [0, 0.05) is 23.5 Å². The molecule has 2 aromatic carbocycles. The van der Waals surface area contributed by atoms with Crippen LogP contribution in [0, 0.1) is 5.92 Å². The van der Waals surface area contributed by atoms with Gasteiger partial charge in [-0.25, -0.2) is 4.79 Å². The van der Waals surface area contributed by atoms with Crippen LogP contribution in [0.3, 0.4) is 0 Å². The van der Waals surface area contributed by atoms with Gasteiger partial charge in [-0.05, 0) is 41.8 Å². The molecule has 1 aliphatic heterocycles. The number of hydrogen-bond donors (Lipinski definition) is 2. The van der Waals surface area contributed by atoms with E-state index in [0.29, 0.717) is 13.1 Å². The van der Waals surface area contributed by atoms with Gasteiger partial charge >= 0.3 is 6.03 Å². The third-order valence-corrected chi connectivity index (χ3v) is 6.27. The van der Waals surface area contributed by atoms with Gasteiger partial charge in [0.1, 0.15) is 0 Å². The molecule has 28 heavy (non-hydrogen) atoms. The summed E-state index contributed by atoms with van der Waals surface area (Å²) in [5.74, 6) is 0.185. The SMILES string of the molecule is O=C(Nc1ccccc1-c1cccs1)N1CCC(C(O)c2ccccc2)CC1. The fourth-order valence-electron chi connectivity index (χ4n) is 3.77. The second kappa shape index (κ2) is 8.59. The normalized spacial score (nSPS) is 16.0. The maximum absolute atomic E-state index is 12.8. The van der Waals surface area contributed by atoms with E-state index in [4.69, 9.17) is 0 Å². The first-order chi connectivity index (χ1) is 13.7. The third-order valence-electron chi connectivity index (χ3n) is 5.37. The topological polar surface area (TPSA) is 52.6 Å². The zero-order valence-corrected chi connectivity index (χ0v) is 16.4. The predicted octanol–water partition coefficient (Wildman–Crippen LogP) is 5.39. The summed E-state index contributed by atoms with van der Waals surface area (Å²) in [7, 11) is 0. The van der Waals surface area contributed by atoms with Crippen molar-refractivity contribution in [2.45, 2.75) is 18.9 Å². The van der Waals surface area contributed by atoms with Crippen molar-refractivity contribution in [2.75, 3.05) is 18.4 Å². The summed E-state index contributed by atoms with van der Waals surface area (Å²) >= 11 is 1.66. The first kappa shape index (κ1) is 18.7. The van der Waals surface area contributed by atoms with Gasteiger partial charge in [0.2, 0.25) is 0 Å². The zero-order valence-electron chi connectivity index (χ0n) is 15.6. The van der Waals surface area contributed by atoms with E-state index in [9.17, 15) is 9.90 Å². The number of carbonyl (C=O) groups is 1. The van der Waals surface area contributed by atoms with Crippen LogP contribution >= 0.6 is 11.3 Å². The Bertz CT molecular complexity index is 903. The van der Waals surface area contributed by atoms with E-state index in [-0.39, 0.29) is 11.9 Å². The average molecular weight is 393 g/mol. The second-order valence-electron chi connectivity index (χ2n) is 7.13. The highest BCUT2D eigenvalue weighted by Crippen LogP contribution is 2.33. The Morgan fingerprint density at radius 2 is 1.71 bits per heavy atom. The average Bonchev–Trinajstić information content (AvgIpc) is 3.29. The number of rotatable bonds is 4. The van der Waals surface area contributed by atoms with E-state index < -0.39 is 6.10 Å². The minimum absolute atomic E-state index is 0.0725. The summed E-state index contributed by atoms with van der Waals surface area (Å²) in [5.41, 5.74) is 2.83. The van der Waals surface area contributed by atoms with Crippen LogP contribution in [-0.4, -0.2) is 29.1 Å². The summed E-state index contributed by atoms with van der Waals surface area (Å²) in [6, 6.07) is 21.7. The van der Waals surface area contributed by atoms with Gasteiger partial charge in [-0.15, -0.1) is 11.3 Å². The molecule has 1 atom stereocenters. The van der Waals surface area contributed by atoms with Crippen LogP contribution in [0.15, 0.2) is 72.1 Å². The summed E-state index contributed by atoms with van der Waals surface area (Å²) in [6.45, 7) is 1.31. The summed E-state index contributed by atoms with van der Waals surface area (Å²) < 4.78 is 0. The number of nitrogens with zero attached hydrogens (tertiary/aromatic N) is 1. The van der Waals surface area contributed by atoms with Crippen LogP contribution in [0.5, 0.6) is 0 Å². The first-order valence-corrected chi connectivity index (χ1v) is 10.5. The second-order valence-corrected chi connectivity index (χ2v) is 8.08. The van der Waals surface area contributed by atoms with E-state index >= 15 is 0 Å². The largest absolute Gasteiger partial charge is 0.388 e. The highest BCUT2D eigenvalue weighted by molar-refractivity contribution is 7.13. The standard InChI is InChI=1S/C23H24N2O2S/c26-22(17-7-2-1-3-8-17)18-12-14-25(15-13-18)23(27)24-20-10-5-4-9-19(20)21-11-6-16-28-21/h1-11,16,18,22,26H,12-15H2,(H,24,27). The van der Waals surface area contributed by atoms with E-state index in [1.807, 2.05) is 70.9 Å². The predicted molar refractivity (Wildman–Crippen MR) is 114 cm³/mol. The van der Waals surface area contributed by atoms with Crippen molar-refractivity contribution in [3.8, 4) is 10.4 Å². The molecule has 4 nitrogen and oxygen atoms in total. The van der Waals surface area contributed by atoms with E-state index in [1.54, 1.807) is 11.3 Å². The van der Waals surface area contributed by atoms with Crippen LogP contribution in [0.2, 0.25) is 0 Å². The number of aliphatic hydroxyl groups is 1. The number of carbonyl (C=O) groups excluding carboxylic acids is 1. The van der Waals surface area contributed by atoms with Crippen LogP contribution in [0.1, 0.15) is 24.5 Å². The van der Waals surface area contributed by atoms with Crippen molar-refractivity contribution in [1.82, 2.24) is 4.90 Å². The molecular weight excluding hydrogens is 368 g/mol. The van der Waals surface area contributed by atoms with Gasteiger partial charge in [0.25, 0.3) is 0 Å². The van der Waals surface area contributed by atoms with Crippen LogP contribution in [0.4, 0.5) is 10.5 Å². The van der Waals surface area contributed by atoms with Gasteiger partial charge in [-0.2, -0.15) is 0 Å². The lowest BCUT2D eigenvalue weighted by Crippen LogP contribution is -2.42. The Kier molecular flexibility index (Phi) is 5.74. The van der Waals surface area contributed by atoms with Crippen molar-refractivity contribution in [3.63, 3.8) is 0 Å². The number of likely N-dealkylation sites (tertiary alicyclic amines) is 1. The number of nitrogens with one attached hydrogen (secondary N) is 1. The molecule has 1 aliphatic rings. The summed E-state index contributed by atoms with van der Waals surface area (Å²) in [6.07, 6.45) is 1.14. The molecule has 0 bridgehead atoms. The first-order valence-electron chi connectivity index (χ1n) is 9.64. The van der Waals surface area contributed by atoms with E-state index in [0.717, 1.165) is 34.5 Å². The molecule has 1 fully saturated rings. The minimum Gasteiger partial charge on any atom is -0.388 e. The fraction of sp³-hybridized carbons (Fsp3) is 0.261. The van der Waals surface area contributed by atoms with Gasteiger partial charge in [0.05, 0.1) is 11.8 Å². The molecule has 1 saturated heterocycles. The Morgan fingerprint density at radius 3 is 2.43 bits per heavy atom. The monoisotopic (exact) mass is 392 g/mol. The number of benzene rings is 2. The molecule has 2 heterocycles. The number of urea groups is 1. The molecule has 5 heteroatoms. The molecule has 1 aromatic heterocycles. The molecule has 0 spiro atoms. The third kappa shape index (κ3) is 4.11. The van der Waals surface area contributed by atoms with Crippen LogP contribution in [0.25, 0.3) is 10.4 Å². The summed E-state index contributed by atoms with van der Waals surface area (Å²) in [5, 5.41) is 15.7. The number of anilines is 1. The van der Waals surface area contributed by atoms with Crippen molar-refractivity contribution < 1.29 is 9.90 Å². The Balaban J connectivity index is 1.38. The number of para-hydroxylation sites is 1. The highest BCUT2D eigenvalue weighted by Gasteiger charge is 2.28. The Hall–Kier alpha value is -2.63. The van der Waals surface area contributed by atoms with Gasteiger partial charge < -0.3 is 15.3 Å². The molecule has 0 aliphatic carbocycles. The molecule has 2 N–H and O–H groups in total. The van der Waals surface area contributed by atoms with Crippen molar-refractivity contribution in [2.24, 2.45) is 5.92 Å². The smallest absolute Gasteiger partial charge is 0.321 e. The van der Waals surface area contributed by atoms with Crippen LogP contribution in [-0.2, 0) is 0 Å². The number of piperidine rings is 1. The lowest BCUT2D eigenvalue weighted by molar-refractivity contribution is 0.0683. The minimum atomic E-state index is -0.467. The van der Waals surface area contributed by atoms with Crippen molar-refractivity contribution in [3.05, 3.63) is 77.7 Å². The molecule has 2 amide bonds. The molecule has 1 unspecified atom stereocenters. The lowest BCUT2D eigenvalue weighted by Gasteiger charge is -2.34. The fourth-order valence-corrected chi connectivity index (χ4v) is 4.54. The molecule has 0 saturated carbocycles. The molecular formula is C23H24N2O2S. The Morgan fingerprint density at radius 1 is 1.00 bits per heavy atom. The molecule has 0 radical (unpaired) electrons. The molecule has 144 valence electrons. The number of thiophene rings is 1. The van der Waals surface area contributed by atoms with Crippen LogP contribution < -0.4 is 5.32 Å². The van der Waals surface area contributed by atoms with Crippen molar-refractivity contribution >= 4 is 23.1 Å². The Labute approximate surface area is 169 Å². The summed E-state index contributed by atoms with van der Waals surface area (Å²) in [4.78, 5) is 15.8. The number of amides is 2. The molecule has 4 rings (SSSR count). The van der Waals surface area contributed by atoms with E-state index in [2.05, 4.69) is 11.4 Å². The van der Waals surface area contributed by atoms with Crippen molar-refractivity contribution in [1.29, 1.82) is 0 Å². The van der Waals surface area contributed by atoms with Gasteiger partial charge in [-0.3, -0.25) is 0 Å². The maximum atomic E-state index is 12.8. The zero-order chi connectivity index (χ0) is 19.3. The lowest BCUT2D eigenvalue weighted by atomic mass is 9.87. The highest BCUT2D eigenvalue weighted by atomic mass is 32.1. The van der Waals surface area contributed by atoms with Gasteiger partial charge in [0.15, 0.2) is 0 Å². The van der Waals surface area contributed by atoms with E-state index in [1.165, 1.54) is 0 Å².